The fourth-order valence-electron chi connectivity index (χ4n) is 6.25. The molecule has 3 aliphatic carbocycles. The monoisotopic (exact) mass is 550 g/mol. The van der Waals surface area contributed by atoms with Crippen LogP contribution in [0.1, 0.15) is 64.2 Å². The lowest BCUT2D eigenvalue weighted by molar-refractivity contribution is -0.123. The maximum Gasteiger partial charge on any atom is 0.235 e. The molecular weight excluding hydrogens is 504 g/mol. The van der Waals surface area contributed by atoms with Gasteiger partial charge >= 0.3 is 0 Å². The molecule has 0 aromatic heterocycles. The smallest absolute Gasteiger partial charge is 0.235 e. The van der Waals surface area contributed by atoms with E-state index in [-0.39, 0.29) is 42.9 Å². The third kappa shape index (κ3) is 7.15. The van der Waals surface area contributed by atoms with Crippen molar-refractivity contribution < 1.29 is 32.2 Å². The van der Waals surface area contributed by atoms with Crippen LogP contribution in [-0.2, 0) is 33.8 Å². The number of rotatable bonds is 11. The molecule has 36 heavy (non-hydrogen) atoms. The van der Waals surface area contributed by atoms with Gasteiger partial charge in [-0.3, -0.25) is 4.79 Å². The van der Waals surface area contributed by atoms with Crippen molar-refractivity contribution in [1.82, 2.24) is 9.62 Å². The first-order chi connectivity index (χ1) is 17.3. The summed E-state index contributed by atoms with van der Waals surface area (Å²) in [5.74, 6) is -0.243. The van der Waals surface area contributed by atoms with Crippen LogP contribution in [0.5, 0.6) is 0 Å². The molecule has 1 amide bonds. The van der Waals surface area contributed by atoms with Crippen LogP contribution in [0.4, 0.5) is 0 Å². The lowest BCUT2D eigenvalue weighted by Crippen LogP contribution is -2.58. The average molecular weight is 551 g/mol. The molecule has 1 N–H and O–H groups in total. The summed E-state index contributed by atoms with van der Waals surface area (Å²) in [6.07, 6.45) is 8.89. The molecule has 0 heterocycles. The Labute approximate surface area is 221 Å². The minimum Gasteiger partial charge on any atom is -0.381 e. The number of ether oxygens (including phenoxy) is 4. The van der Waals surface area contributed by atoms with Crippen LogP contribution in [0.15, 0.2) is 0 Å². The number of hydrogen-bond acceptors (Lipinski definition) is 8. The Bertz CT molecular complexity index is 799. The lowest BCUT2D eigenvalue weighted by atomic mass is 9.90. The second-order valence-corrected chi connectivity index (χ2v) is 13.6. The first kappa shape index (κ1) is 30.1. The van der Waals surface area contributed by atoms with Gasteiger partial charge in [-0.25, -0.2) is 8.42 Å². The van der Waals surface area contributed by atoms with Crippen LogP contribution < -0.4 is 5.32 Å². The van der Waals surface area contributed by atoms with Crippen molar-refractivity contribution in [3.8, 4) is 0 Å². The van der Waals surface area contributed by atoms with E-state index in [1.54, 1.807) is 40.2 Å². The molecule has 11 heteroatoms. The number of hydrogen-bond donors (Lipinski definition) is 1. The topological polar surface area (TPSA) is 103 Å². The molecule has 9 nitrogen and oxygen atoms in total. The van der Waals surface area contributed by atoms with E-state index in [2.05, 4.69) is 11.6 Å². The second kappa shape index (κ2) is 14.1. The van der Waals surface area contributed by atoms with E-state index in [1.165, 1.54) is 10.7 Å². The van der Waals surface area contributed by atoms with E-state index >= 15 is 0 Å². The molecule has 8 unspecified atom stereocenters. The van der Waals surface area contributed by atoms with Gasteiger partial charge in [0.15, 0.2) is 0 Å². The fourth-order valence-corrected chi connectivity index (χ4v) is 9.33. The maximum atomic E-state index is 14.2. The van der Waals surface area contributed by atoms with Gasteiger partial charge in [0.2, 0.25) is 15.9 Å². The molecule has 210 valence electrons. The van der Waals surface area contributed by atoms with Crippen LogP contribution in [0.2, 0.25) is 0 Å². The first-order valence-corrected chi connectivity index (χ1v) is 16.0. The maximum absolute atomic E-state index is 14.2. The number of carbonyl (C=O) groups is 1. The minimum atomic E-state index is -3.83. The van der Waals surface area contributed by atoms with Crippen LogP contribution in [-0.4, -0.2) is 107 Å². The van der Waals surface area contributed by atoms with Crippen molar-refractivity contribution in [2.24, 2.45) is 0 Å². The van der Waals surface area contributed by atoms with Crippen molar-refractivity contribution in [3.63, 3.8) is 0 Å². The summed E-state index contributed by atoms with van der Waals surface area (Å²) in [5, 5.41) is 2.89. The highest BCUT2D eigenvalue weighted by Crippen LogP contribution is 2.35. The van der Waals surface area contributed by atoms with E-state index in [4.69, 9.17) is 18.9 Å². The number of methoxy groups -OCH3 is 4. The molecular formula is C25H46N2O7S2. The van der Waals surface area contributed by atoms with Gasteiger partial charge in [0, 0.05) is 39.7 Å². The Morgan fingerprint density at radius 1 is 0.861 bits per heavy atom. The van der Waals surface area contributed by atoms with Gasteiger partial charge in [-0.1, -0.05) is 12.8 Å². The molecule has 0 radical (unpaired) electrons. The molecule has 3 rings (SSSR count). The predicted octanol–water partition coefficient (Wildman–Crippen LogP) is 2.57. The zero-order chi connectivity index (χ0) is 26.3. The largest absolute Gasteiger partial charge is 0.381 e. The molecule has 3 fully saturated rings. The molecule has 0 saturated heterocycles. The van der Waals surface area contributed by atoms with E-state index in [0.717, 1.165) is 25.7 Å². The van der Waals surface area contributed by atoms with Gasteiger partial charge < -0.3 is 24.3 Å². The highest BCUT2D eigenvalue weighted by atomic mass is 32.2. The Morgan fingerprint density at radius 3 is 2.17 bits per heavy atom. The summed E-state index contributed by atoms with van der Waals surface area (Å²) in [6, 6.07) is -0.398. The zero-order valence-electron chi connectivity index (χ0n) is 22.5. The molecule has 8 atom stereocenters. The van der Waals surface area contributed by atoms with Gasteiger partial charge in [0.1, 0.15) is 0 Å². The van der Waals surface area contributed by atoms with E-state index in [1.807, 2.05) is 0 Å². The molecule has 0 aliphatic heterocycles. The normalized spacial score (nSPS) is 36.1. The third-order valence-corrected chi connectivity index (χ3v) is 11.9. The second-order valence-electron chi connectivity index (χ2n) is 10.3. The number of sulfonamides is 1. The Kier molecular flexibility index (Phi) is 11.8. The highest BCUT2D eigenvalue weighted by Gasteiger charge is 2.46. The number of nitrogens with zero attached hydrogens (tertiary/aromatic N) is 1. The zero-order valence-corrected chi connectivity index (χ0v) is 24.2. The van der Waals surface area contributed by atoms with Crippen molar-refractivity contribution >= 4 is 27.7 Å². The molecule has 3 aliphatic rings. The van der Waals surface area contributed by atoms with Crippen molar-refractivity contribution in [2.45, 2.75) is 111 Å². The lowest BCUT2D eigenvalue weighted by Gasteiger charge is -2.43. The number of amides is 1. The van der Waals surface area contributed by atoms with Crippen LogP contribution in [0, 0.1) is 0 Å². The minimum absolute atomic E-state index is 0.0668. The number of thioether (sulfide) groups is 1. The van der Waals surface area contributed by atoms with E-state index < -0.39 is 21.3 Å². The Hall–Kier alpha value is -0.430. The molecule has 3 saturated carbocycles. The van der Waals surface area contributed by atoms with Crippen LogP contribution in [0.25, 0.3) is 0 Å². The van der Waals surface area contributed by atoms with Gasteiger partial charge in [-0.2, -0.15) is 16.1 Å². The van der Waals surface area contributed by atoms with Gasteiger partial charge in [0.05, 0.1) is 42.3 Å². The first-order valence-electron chi connectivity index (χ1n) is 13.2. The summed E-state index contributed by atoms with van der Waals surface area (Å²) >= 11 is 1.77. The molecule has 0 bridgehead atoms. The summed E-state index contributed by atoms with van der Waals surface area (Å²) in [6.45, 7) is -0.206. The summed E-state index contributed by atoms with van der Waals surface area (Å²) in [7, 11) is 2.66. The molecule has 0 aromatic rings. The van der Waals surface area contributed by atoms with E-state index in [0.29, 0.717) is 37.4 Å². The van der Waals surface area contributed by atoms with Crippen molar-refractivity contribution in [3.05, 3.63) is 0 Å². The van der Waals surface area contributed by atoms with Crippen molar-refractivity contribution in [1.29, 1.82) is 0 Å². The van der Waals surface area contributed by atoms with Gasteiger partial charge in [0.25, 0.3) is 0 Å². The van der Waals surface area contributed by atoms with Crippen LogP contribution >= 0.6 is 11.8 Å². The van der Waals surface area contributed by atoms with Crippen molar-refractivity contribution in [2.75, 3.05) is 41.2 Å². The highest BCUT2D eigenvalue weighted by molar-refractivity contribution is 7.99. The summed E-state index contributed by atoms with van der Waals surface area (Å²) < 4.78 is 52.3. The third-order valence-electron chi connectivity index (χ3n) is 8.40. The Morgan fingerprint density at radius 2 is 1.53 bits per heavy atom. The standard InChI is InChI=1S/C25H46N2O7S2/c1-31-17-10-12-21(32-2)20(14-17)27(16-25(28)26-19-8-6-7-9-24(19)35-5)36(29,30)18-11-13-22(33-3)23(15-18)34-4/h17-24H,6-16H2,1-5H3,(H,26,28). The summed E-state index contributed by atoms with van der Waals surface area (Å²) in [4.78, 5) is 13.4. The van der Waals surface area contributed by atoms with E-state index in [9.17, 15) is 13.2 Å². The van der Waals surface area contributed by atoms with Gasteiger partial charge in [-0.05, 0) is 57.6 Å². The van der Waals surface area contributed by atoms with Gasteiger partial charge in [-0.15, -0.1) is 0 Å². The quantitative estimate of drug-likeness (QED) is 0.419. The summed E-state index contributed by atoms with van der Waals surface area (Å²) in [5.41, 5.74) is 0. The number of nitrogens with one attached hydrogen (secondary N) is 1. The Balaban J connectivity index is 1.85. The average Bonchev–Trinajstić information content (AvgIpc) is 2.91. The predicted molar refractivity (Wildman–Crippen MR) is 142 cm³/mol. The van der Waals surface area contributed by atoms with Crippen LogP contribution in [0.3, 0.4) is 0 Å². The molecule has 0 aromatic carbocycles. The number of carbonyl (C=O) groups excluding carboxylic acids is 1. The fraction of sp³-hybridized carbons (Fsp3) is 0.960. The SMILES string of the molecule is COC1CCC(OC)C(N(CC(=O)NC2CCCCC2SC)S(=O)(=O)C2CCC(OC)C(OC)C2)C1. The molecule has 0 spiro atoms.